The standard InChI is InChI=1S/C9H15N3O11P2.C6H12O6/c10-5-1-2-12(9(15)11-5)8-7(14)6(13)4(22-8)3-21-25(19,20)23-24(16,17)18;7-1-3(9)5(11)6(12)4(10)2-8/h1-2,4,6-8,13-14H,3H2,(H,19,20)(H2,10,11,15)(H2,16,17,18);1,3-6,8-12H,2H2/t4-,6-,7-,8-;3-,4+,5+,6-/m10/s1. The van der Waals surface area contributed by atoms with Gasteiger partial charge in [-0.05, 0) is 6.07 Å². The first-order valence-electron chi connectivity index (χ1n) is 9.83. The molecule has 1 aromatic rings. The number of aliphatic hydroxyl groups excluding tert-OH is 7. The number of hydrogen-bond donors (Lipinski definition) is 11. The van der Waals surface area contributed by atoms with E-state index in [0.29, 0.717) is 0 Å². The fourth-order valence-electron chi connectivity index (χ4n) is 2.66. The van der Waals surface area contributed by atoms with Crippen LogP contribution in [-0.2, 0) is 27.5 Å². The van der Waals surface area contributed by atoms with Crippen molar-refractivity contribution in [1.29, 1.82) is 0 Å². The fraction of sp³-hybridized carbons (Fsp3) is 0.667. The zero-order chi connectivity index (χ0) is 28.7. The van der Waals surface area contributed by atoms with Crippen LogP contribution in [-0.4, -0.2) is 122 Å². The molecular weight excluding hydrogens is 556 g/mol. The number of carbonyl (C=O) groups excluding carboxylic acids is 1. The van der Waals surface area contributed by atoms with Crippen LogP contribution in [0.3, 0.4) is 0 Å². The number of phosphoric ester groups is 1. The molecule has 0 bridgehead atoms. The van der Waals surface area contributed by atoms with E-state index in [1.54, 1.807) is 0 Å². The number of nitrogens with zero attached hydrogens (tertiary/aromatic N) is 2. The molecule has 1 aliphatic heterocycles. The Balaban J connectivity index is 0.000000482. The molecule has 1 fully saturated rings. The second-order valence-electron chi connectivity index (χ2n) is 7.28. The van der Waals surface area contributed by atoms with Gasteiger partial charge in [0.2, 0.25) is 0 Å². The molecule has 1 aliphatic rings. The van der Waals surface area contributed by atoms with Crippen molar-refractivity contribution in [3.8, 4) is 0 Å². The average molecular weight is 583 g/mol. The molecular formula is C15H27N3O17P2. The van der Waals surface area contributed by atoms with Crippen molar-refractivity contribution < 1.29 is 77.9 Å². The van der Waals surface area contributed by atoms with Crippen molar-refractivity contribution in [1.82, 2.24) is 9.55 Å². The second kappa shape index (κ2) is 13.9. The molecule has 20 nitrogen and oxygen atoms in total. The van der Waals surface area contributed by atoms with Crippen LogP contribution >= 0.6 is 15.6 Å². The van der Waals surface area contributed by atoms with Crippen molar-refractivity contribution >= 4 is 27.7 Å². The number of rotatable bonds is 11. The van der Waals surface area contributed by atoms with E-state index in [2.05, 4.69) is 13.8 Å². The molecule has 0 radical (unpaired) electrons. The van der Waals surface area contributed by atoms with Gasteiger partial charge in [-0.25, -0.2) is 13.9 Å². The molecule has 9 atom stereocenters. The Bertz CT molecular complexity index is 1040. The largest absolute Gasteiger partial charge is 0.481 e. The van der Waals surface area contributed by atoms with Gasteiger partial charge in [0.15, 0.2) is 12.5 Å². The summed E-state index contributed by atoms with van der Waals surface area (Å²) in [6.07, 6.45) is -11.8. The van der Waals surface area contributed by atoms with Crippen LogP contribution in [0.25, 0.3) is 0 Å². The van der Waals surface area contributed by atoms with E-state index in [-0.39, 0.29) is 12.1 Å². The van der Waals surface area contributed by atoms with E-state index in [1.165, 1.54) is 6.07 Å². The van der Waals surface area contributed by atoms with Gasteiger partial charge < -0.3 is 65.7 Å². The van der Waals surface area contributed by atoms with Gasteiger partial charge in [-0.2, -0.15) is 9.29 Å². The molecule has 1 unspecified atom stereocenters. The average Bonchev–Trinajstić information content (AvgIpc) is 3.08. The van der Waals surface area contributed by atoms with Crippen molar-refractivity contribution in [2.45, 2.75) is 49.0 Å². The van der Waals surface area contributed by atoms with E-state index in [1.807, 2.05) is 0 Å². The molecule has 0 aliphatic carbocycles. The number of nitrogens with two attached hydrogens (primary N) is 1. The summed E-state index contributed by atoms with van der Waals surface area (Å²) in [6, 6.07) is 1.24. The van der Waals surface area contributed by atoms with Gasteiger partial charge in [0.05, 0.1) is 13.2 Å². The van der Waals surface area contributed by atoms with Crippen molar-refractivity contribution in [2.24, 2.45) is 0 Å². The van der Waals surface area contributed by atoms with Crippen molar-refractivity contribution in [3.63, 3.8) is 0 Å². The molecule has 12 N–H and O–H groups in total. The van der Waals surface area contributed by atoms with Crippen LogP contribution < -0.4 is 11.4 Å². The maximum absolute atomic E-state index is 11.7. The predicted molar refractivity (Wildman–Crippen MR) is 115 cm³/mol. The van der Waals surface area contributed by atoms with Crippen LogP contribution in [0.1, 0.15) is 6.23 Å². The molecule has 0 aromatic carbocycles. The normalized spacial score (nSPS) is 26.8. The van der Waals surface area contributed by atoms with E-state index < -0.39 is 83.5 Å². The Labute approximate surface area is 206 Å². The fourth-order valence-corrected chi connectivity index (χ4v) is 4.26. The van der Waals surface area contributed by atoms with Gasteiger partial charge in [-0.15, -0.1) is 0 Å². The third-order valence-electron chi connectivity index (χ3n) is 4.49. The van der Waals surface area contributed by atoms with E-state index in [9.17, 15) is 28.9 Å². The summed E-state index contributed by atoms with van der Waals surface area (Å²) in [5.74, 6) is -0.0787. The van der Waals surface area contributed by atoms with Crippen LogP contribution in [0.2, 0.25) is 0 Å². The van der Waals surface area contributed by atoms with Crippen molar-refractivity contribution in [2.75, 3.05) is 18.9 Å². The number of nitrogen functional groups attached to an aromatic ring is 1. The minimum absolute atomic E-state index is 0.0258. The lowest BCUT2D eigenvalue weighted by atomic mass is 10.0. The van der Waals surface area contributed by atoms with Gasteiger partial charge >= 0.3 is 21.3 Å². The minimum atomic E-state index is -5.30. The second-order valence-corrected chi connectivity index (χ2v) is 10.1. The SMILES string of the molecule is Nc1ccn([C@@H]2O[C@H](COP(=O)(O)OP(=O)(O)O)[C@@H](O)[C@H]2O)c(=O)n1.O=C[C@H](O)[C@@H](O)[C@@H](O)[C@H](O)CO. The van der Waals surface area contributed by atoms with Gasteiger partial charge in [-0.3, -0.25) is 9.09 Å². The molecule has 214 valence electrons. The number of hydrogen-bond acceptors (Lipinski definition) is 16. The van der Waals surface area contributed by atoms with E-state index in [0.717, 1.165) is 10.8 Å². The summed E-state index contributed by atoms with van der Waals surface area (Å²) in [5, 5.41) is 63.4. The highest BCUT2D eigenvalue weighted by molar-refractivity contribution is 7.60. The Morgan fingerprint density at radius 2 is 1.73 bits per heavy atom. The molecule has 2 heterocycles. The van der Waals surface area contributed by atoms with Crippen molar-refractivity contribution in [3.05, 3.63) is 22.7 Å². The molecule has 0 saturated carbocycles. The molecule has 2 rings (SSSR count). The lowest BCUT2D eigenvalue weighted by molar-refractivity contribution is -0.136. The third kappa shape index (κ3) is 10.2. The van der Waals surface area contributed by atoms with Gasteiger partial charge in [0, 0.05) is 6.20 Å². The first-order chi connectivity index (χ1) is 16.9. The number of ether oxygens (including phenoxy) is 1. The summed E-state index contributed by atoms with van der Waals surface area (Å²) < 4.78 is 35.8. The number of aromatic nitrogens is 2. The maximum Gasteiger partial charge on any atom is 0.481 e. The quantitative estimate of drug-likeness (QED) is 0.0853. The zero-order valence-electron chi connectivity index (χ0n) is 18.5. The first kappa shape index (κ1) is 33.3. The number of anilines is 1. The predicted octanol–water partition coefficient (Wildman–Crippen LogP) is -5.71. The number of aliphatic hydroxyl groups is 7. The molecule has 22 heteroatoms. The summed E-state index contributed by atoms with van der Waals surface area (Å²) in [6.45, 7) is -1.64. The molecule has 1 saturated heterocycles. The van der Waals surface area contributed by atoms with E-state index >= 15 is 0 Å². The van der Waals surface area contributed by atoms with Gasteiger partial charge in [-0.1, -0.05) is 0 Å². The lowest BCUT2D eigenvalue weighted by Gasteiger charge is -2.22. The summed E-state index contributed by atoms with van der Waals surface area (Å²) in [7, 11) is -10.5. The van der Waals surface area contributed by atoms with Crippen LogP contribution in [0.4, 0.5) is 5.82 Å². The smallest absolute Gasteiger partial charge is 0.394 e. The van der Waals surface area contributed by atoms with Crippen LogP contribution in [0, 0.1) is 0 Å². The molecule has 0 amide bonds. The first-order valence-corrected chi connectivity index (χ1v) is 12.9. The monoisotopic (exact) mass is 583 g/mol. The number of carbonyl (C=O) groups is 1. The molecule has 0 spiro atoms. The van der Waals surface area contributed by atoms with Gasteiger partial charge in [0.1, 0.15) is 48.5 Å². The molecule has 37 heavy (non-hydrogen) atoms. The Hall–Kier alpha value is -1.71. The lowest BCUT2D eigenvalue weighted by Crippen LogP contribution is -2.46. The topological polar surface area (TPSA) is 342 Å². The minimum Gasteiger partial charge on any atom is -0.394 e. The number of aldehydes is 1. The Morgan fingerprint density at radius 3 is 2.22 bits per heavy atom. The highest BCUT2D eigenvalue weighted by atomic mass is 31.3. The van der Waals surface area contributed by atoms with Crippen LogP contribution in [0.5, 0.6) is 0 Å². The Morgan fingerprint density at radius 1 is 1.14 bits per heavy atom. The number of phosphoric acid groups is 2. The summed E-state index contributed by atoms with van der Waals surface area (Å²) in [5.41, 5.74) is 4.45. The van der Waals surface area contributed by atoms with Crippen LogP contribution in [0.15, 0.2) is 17.1 Å². The highest BCUT2D eigenvalue weighted by Gasteiger charge is 2.45. The third-order valence-corrected chi connectivity index (χ3v) is 6.65. The molecule has 1 aromatic heterocycles. The zero-order valence-corrected chi connectivity index (χ0v) is 20.2. The maximum atomic E-state index is 11.7. The summed E-state index contributed by atoms with van der Waals surface area (Å²) in [4.78, 5) is 51.2. The highest BCUT2D eigenvalue weighted by Crippen LogP contribution is 2.57. The van der Waals surface area contributed by atoms with Gasteiger partial charge in [0.25, 0.3) is 0 Å². The Kier molecular flexibility index (Phi) is 12.5. The summed E-state index contributed by atoms with van der Waals surface area (Å²) >= 11 is 0. The van der Waals surface area contributed by atoms with E-state index in [4.69, 9.17) is 50.7 Å².